The first kappa shape index (κ1) is 8.87. The van der Waals surface area contributed by atoms with Gasteiger partial charge in [-0.05, 0) is 12.4 Å². The first-order chi connectivity index (χ1) is 6.36. The summed E-state index contributed by atoms with van der Waals surface area (Å²) in [7, 11) is 2.14. The summed E-state index contributed by atoms with van der Waals surface area (Å²) in [5, 5.41) is 0. The fraction of sp³-hybridized carbons (Fsp3) is 0.143. The molecule has 0 aromatic heterocycles. The van der Waals surface area contributed by atoms with Crippen molar-refractivity contribution in [1.82, 2.24) is 0 Å². The Labute approximate surface area is 79.1 Å². The number of hydrogen-bond acceptors (Lipinski definition) is 3. The largest absolute Gasteiger partial charge is 0.465 e. The van der Waals surface area contributed by atoms with Crippen molar-refractivity contribution in [2.75, 3.05) is 0 Å². The summed E-state index contributed by atoms with van der Waals surface area (Å²) in [6.07, 6.45) is 0. The van der Waals surface area contributed by atoms with Gasteiger partial charge in [-0.2, -0.15) is 0 Å². The Hall–Kier alpha value is -0.705. The van der Waals surface area contributed by atoms with Gasteiger partial charge in [0.1, 0.15) is 0 Å². The van der Waals surface area contributed by atoms with E-state index in [1.807, 2.05) is 31.2 Å². The lowest BCUT2D eigenvalue weighted by Crippen LogP contribution is -2.44. The molecule has 1 heterocycles. The predicted molar refractivity (Wildman–Crippen MR) is 51.3 cm³/mol. The zero-order valence-corrected chi connectivity index (χ0v) is 7.27. The third-order valence-electron chi connectivity index (χ3n) is 1.82. The van der Waals surface area contributed by atoms with Gasteiger partial charge in [-0.1, -0.05) is 29.8 Å². The van der Waals surface area contributed by atoms with Gasteiger partial charge in [-0.3, -0.25) is 0 Å². The maximum Gasteiger partial charge on any atom is 0.465 e. The molecule has 1 aromatic carbocycles. The minimum atomic E-state index is -0.380. The molecule has 1 saturated heterocycles. The summed E-state index contributed by atoms with van der Waals surface area (Å²) in [6.45, 7) is 2.04. The highest BCUT2D eigenvalue weighted by molar-refractivity contribution is 6.71. The summed E-state index contributed by atoms with van der Waals surface area (Å²) in [5.74, 6) is 0. The van der Waals surface area contributed by atoms with Crippen LogP contribution in [0.3, 0.4) is 0 Å². The molecule has 0 spiro atoms. The Bertz CT molecular complexity index is 271. The van der Waals surface area contributed by atoms with Crippen molar-refractivity contribution in [3.63, 3.8) is 0 Å². The molecule has 1 aromatic rings. The SMILES string of the molecule is Cc1ccc(B2O[B]O[B]O2)cc1. The molecule has 0 atom stereocenters. The normalized spacial score (nSPS) is 16.2. The van der Waals surface area contributed by atoms with Gasteiger partial charge >= 0.3 is 22.5 Å². The van der Waals surface area contributed by atoms with Crippen LogP contribution in [-0.2, 0) is 13.7 Å². The quantitative estimate of drug-likeness (QED) is 0.549. The lowest BCUT2D eigenvalue weighted by atomic mass is 9.75. The monoisotopic (exact) mass is 172 g/mol. The molecule has 0 bridgehead atoms. The third kappa shape index (κ3) is 2.15. The number of benzene rings is 1. The number of hydrogen-bond donors (Lipinski definition) is 0. The summed E-state index contributed by atoms with van der Waals surface area (Å²) in [5.41, 5.74) is 2.19. The Balaban J connectivity index is 2.10. The zero-order valence-electron chi connectivity index (χ0n) is 7.27. The smallest absolute Gasteiger partial charge is 0.457 e. The molecule has 0 N–H and O–H groups in total. The van der Waals surface area contributed by atoms with E-state index in [0.29, 0.717) is 0 Å². The van der Waals surface area contributed by atoms with Crippen molar-refractivity contribution in [3.8, 4) is 0 Å². The van der Waals surface area contributed by atoms with Crippen LogP contribution >= 0.6 is 0 Å². The molecule has 62 valence electrons. The van der Waals surface area contributed by atoms with E-state index in [0.717, 1.165) is 5.46 Å². The standard InChI is InChI=1S/C7H7B3O3/c1-6-2-4-7(5-3-6)10-12-8-11-9-13-10/h2-5H,1H3. The van der Waals surface area contributed by atoms with Crippen LogP contribution in [0.4, 0.5) is 0 Å². The zero-order chi connectivity index (χ0) is 9.10. The average Bonchev–Trinajstić information content (AvgIpc) is 2.20. The second kappa shape index (κ2) is 4.00. The second-order valence-electron chi connectivity index (χ2n) is 2.84. The van der Waals surface area contributed by atoms with Gasteiger partial charge in [0.15, 0.2) is 0 Å². The highest BCUT2D eigenvalue weighted by Crippen LogP contribution is 1.99. The van der Waals surface area contributed by atoms with E-state index in [9.17, 15) is 0 Å². The molecule has 6 heteroatoms. The highest BCUT2D eigenvalue weighted by Gasteiger charge is 2.25. The van der Waals surface area contributed by atoms with Crippen LogP contribution in [-0.4, -0.2) is 22.5 Å². The van der Waals surface area contributed by atoms with Crippen LogP contribution in [0.15, 0.2) is 24.3 Å². The summed E-state index contributed by atoms with van der Waals surface area (Å²) >= 11 is 0. The van der Waals surface area contributed by atoms with Crippen LogP contribution in [0.5, 0.6) is 0 Å². The molecular weight excluding hydrogens is 165 g/mol. The van der Waals surface area contributed by atoms with Crippen molar-refractivity contribution < 1.29 is 13.7 Å². The van der Waals surface area contributed by atoms with Gasteiger partial charge in [0.2, 0.25) is 0 Å². The molecule has 0 amide bonds. The van der Waals surface area contributed by atoms with E-state index in [-0.39, 0.29) is 7.12 Å². The molecule has 0 aliphatic carbocycles. The maximum atomic E-state index is 5.10. The van der Waals surface area contributed by atoms with Crippen LogP contribution in [0.25, 0.3) is 0 Å². The minimum Gasteiger partial charge on any atom is -0.457 e. The van der Waals surface area contributed by atoms with E-state index in [1.54, 1.807) is 0 Å². The fourth-order valence-electron chi connectivity index (χ4n) is 1.10. The molecule has 0 unspecified atom stereocenters. The first-order valence-corrected chi connectivity index (χ1v) is 4.02. The highest BCUT2D eigenvalue weighted by atomic mass is 16.7. The fourth-order valence-corrected chi connectivity index (χ4v) is 1.10. The van der Waals surface area contributed by atoms with Crippen LogP contribution in [0, 0.1) is 6.92 Å². The average molecular weight is 172 g/mol. The van der Waals surface area contributed by atoms with Crippen molar-refractivity contribution in [2.45, 2.75) is 6.92 Å². The third-order valence-corrected chi connectivity index (χ3v) is 1.82. The van der Waals surface area contributed by atoms with Crippen molar-refractivity contribution in [2.24, 2.45) is 0 Å². The second-order valence-corrected chi connectivity index (χ2v) is 2.84. The van der Waals surface area contributed by atoms with E-state index < -0.39 is 0 Å². The maximum absolute atomic E-state index is 5.10. The topological polar surface area (TPSA) is 27.7 Å². The van der Waals surface area contributed by atoms with E-state index in [4.69, 9.17) is 9.14 Å². The molecular formula is C7H7B3O3. The molecule has 1 fully saturated rings. The number of aryl methyl sites for hydroxylation is 1. The Morgan fingerprint density at radius 2 is 1.69 bits per heavy atom. The number of rotatable bonds is 1. The van der Waals surface area contributed by atoms with Crippen molar-refractivity contribution >= 4 is 28.0 Å². The first-order valence-electron chi connectivity index (χ1n) is 4.02. The van der Waals surface area contributed by atoms with Crippen molar-refractivity contribution in [3.05, 3.63) is 29.8 Å². The van der Waals surface area contributed by atoms with E-state index >= 15 is 0 Å². The molecule has 13 heavy (non-hydrogen) atoms. The van der Waals surface area contributed by atoms with Gasteiger partial charge in [0, 0.05) is 0 Å². The minimum absolute atomic E-state index is 0.380. The Morgan fingerprint density at radius 3 is 2.31 bits per heavy atom. The molecule has 1 aliphatic heterocycles. The molecule has 2 rings (SSSR count). The van der Waals surface area contributed by atoms with E-state index in [2.05, 4.69) is 4.57 Å². The predicted octanol–water partition coefficient (Wildman–Crippen LogP) is -0.178. The van der Waals surface area contributed by atoms with Crippen molar-refractivity contribution in [1.29, 1.82) is 0 Å². The van der Waals surface area contributed by atoms with E-state index in [1.165, 1.54) is 20.9 Å². The summed E-state index contributed by atoms with van der Waals surface area (Å²) < 4.78 is 14.9. The van der Waals surface area contributed by atoms with Crippen LogP contribution in [0.1, 0.15) is 5.56 Å². The molecule has 1 aliphatic rings. The van der Waals surface area contributed by atoms with Gasteiger partial charge in [-0.15, -0.1) is 0 Å². The van der Waals surface area contributed by atoms with Gasteiger partial charge in [0.05, 0.1) is 0 Å². The summed E-state index contributed by atoms with van der Waals surface area (Å²) in [4.78, 5) is 0. The Morgan fingerprint density at radius 1 is 1.08 bits per heavy atom. The van der Waals surface area contributed by atoms with Gasteiger partial charge in [0.25, 0.3) is 0 Å². The van der Waals surface area contributed by atoms with Gasteiger partial charge < -0.3 is 13.7 Å². The Kier molecular flexibility index (Phi) is 2.73. The lowest BCUT2D eigenvalue weighted by Gasteiger charge is -2.18. The molecule has 0 saturated carbocycles. The summed E-state index contributed by atoms with van der Waals surface area (Å²) in [6, 6.07) is 7.95. The lowest BCUT2D eigenvalue weighted by molar-refractivity contribution is 0.334. The van der Waals surface area contributed by atoms with Crippen LogP contribution in [0.2, 0.25) is 0 Å². The van der Waals surface area contributed by atoms with Crippen LogP contribution < -0.4 is 5.46 Å². The van der Waals surface area contributed by atoms with Gasteiger partial charge in [-0.25, -0.2) is 0 Å². The molecule has 3 nitrogen and oxygen atoms in total. The molecule has 2 radical (unpaired) electrons.